The lowest BCUT2D eigenvalue weighted by Crippen LogP contribution is -2.32. The summed E-state index contributed by atoms with van der Waals surface area (Å²) in [6, 6.07) is 4.01. The van der Waals surface area contributed by atoms with Crippen molar-refractivity contribution in [2.45, 2.75) is 18.8 Å². The first kappa shape index (κ1) is 16.5. The van der Waals surface area contributed by atoms with E-state index < -0.39 is 24.1 Å². The van der Waals surface area contributed by atoms with Crippen molar-refractivity contribution in [2.24, 2.45) is 5.73 Å². The van der Waals surface area contributed by atoms with Gasteiger partial charge in [-0.1, -0.05) is 18.2 Å². The summed E-state index contributed by atoms with van der Waals surface area (Å²) in [5.74, 6) is -1.72. The van der Waals surface area contributed by atoms with Crippen molar-refractivity contribution in [3.8, 4) is 5.75 Å². The summed E-state index contributed by atoms with van der Waals surface area (Å²) in [7, 11) is 0. The van der Waals surface area contributed by atoms with E-state index in [1.54, 1.807) is 0 Å². The van der Waals surface area contributed by atoms with E-state index in [2.05, 4.69) is 4.74 Å². The maximum absolute atomic E-state index is 12.0. The molecule has 3 N–H and O–H groups in total. The molecule has 4 nitrogen and oxygen atoms in total. The molecule has 18 heavy (non-hydrogen) atoms. The van der Waals surface area contributed by atoms with E-state index in [-0.39, 0.29) is 24.4 Å². The Bertz CT molecular complexity index is 412. The summed E-state index contributed by atoms with van der Waals surface area (Å²) >= 11 is 0. The molecule has 0 aromatic heterocycles. The van der Waals surface area contributed by atoms with Gasteiger partial charge in [0.05, 0.1) is 0 Å². The molecule has 0 amide bonds. The van der Waals surface area contributed by atoms with Gasteiger partial charge < -0.3 is 15.6 Å². The molecule has 1 rings (SSSR count). The van der Waals surface area contributed by atoms with Gasteiger partial charge >= 0.3 is 12.3 Å². The highest BCUT2D eigenvalue weighted by molar-refractivity contribution is 5.85. The predicted molar refractivity (Wildman–Crippen MR) is 59.7 cm³/mol. The summed E-state index contributed by atoms with van der Waals surface area (Å²) in [6.07, 6.45) is -5.05. The number of hydrogen-bond donors (Lipinski definition) is 2. The molecule has 1 aromatic rings. The summed E-state index contributed by atoms with van der Waals surface area (Å²) in [5, 5.41) is 8.58. The highest BCUT2D eigenvalue weighted by Crippen LogP contribution is 2.26. The van der Waals surface area contributed by atoms with Gasteiger partial charge in [0, 0.05) is 6.42 Å². The number of alkyl halides is 3. The van der Waals surface area contributed by atoms with Gasteiger partial charge in [-0.05, 0) is 11.6 Å². The number of aliphatic carboxylic acids is 1. The number of nitrogens with two attached hydrogens (primary N) is 1. The number of carbonyl (C=O) groups is 1. The van der Waals surface area contributed by atoms with E-state index in [1.807, 2.05) is 0 Å². The predicted octanol–water partition coefficient (Wildman–Crippen LogP) is 1.96. The van der Waals surface area contributed by atoms with Gasteiger partial charge in [-0.15, -0.1) is 25.6 Å². The van der Waals surface area contributed by atoms with Gasteiger partial charge in [-0.2, -0.15) is 0 Å². The van der Waals surface area contributed by atoms with Crippen LogP contribution in [0.1, 0.15) is 5.56 Å². The smallest absolute Gasteiger partial charge is 0.480 e. The second-order valence-corrected chi connectivity index (χ2v) is 3.30. The Morgan fingerprint density at radius 1 is 1.39 bits per heavy atom. The molecule has 0 unspecified atom stereocenters. The standard InChI is InChI=1S/C10H10F3NO3.ClH/c11-10(12,13)17-8-4-2-1-3-6(8)5-7(14)9(15)16;/h1-4,7H,5,14H2,(H,15,16);1H/t7-;/m0./s1. The quantitative estimate of drug-likeness (QED) is 0.887. The molecule has 0 aliphatic rings. The Labute approximate surface area is 107 Å². The number of para-hydroxylation sites is 1. The molecule has 0 heterocycles. The Hall–Kier alpha value is -1.47. The zero-order valence-corrected chi connectivity index (χ0v) is 9.79. The minimum absolute atomic E-state index is 0. The van der Waals surface area contributed by atoms with Crippen LogP contribution >= 0.6 is 12.4 Å². The fourth-order valence-corrected chi connectivity index (χ4v) is 1.22. The first-order valence-corrected chi connectivity index (χ1v) is 4.61. The van der Waals surface area contributed by atoms with Gasteiger partial charge in [0.2, 0.25) is 0 Å². The lowest BCUT2D eigenvalue weighted by atomic mass is 10.1. The van der Waals surface area contributed by atoms with Gasteiger partial charge in [-0.25, -0.2) is 0 Å². The maximum atomic E-state index is 12.0. The van der Waals surface area contributed by atoms with Crippen molar-refractivity contribution in [3.63, 3.8) is 0 Å². The van der Waals surface area contributed by atoms with E-state index in [0.29, 0.717) is 0 Å². The zero-order chi connectivity index (χ0) is 13.1. The van der Waals surface area contributed by atoms with Crippen molar-refractivity contribution in [3.05, 3.63) is 29.8 Å². The average Bonchev–Trinajstić information content (AvgIpc) is 2.18. The monoisotopic (exact) mass is 285 g/mol. The molecule has 0 aliphatic heterocycles. The molecule has 1 atom stereocenters. The van der Waals surface area contributed by atoms with Crippen LogP contribution in [-0.2, 0) is 11.2 Å². The molecule has 0 aliphatic carbocycles. The minimum Gasteiger partial charge on any atom is -0.480 e. The van der Waals surface area contributed by atoms with Crippen LogP contribution in [0.2, 0.25) is 0 Å². The van der Waals surface area contributed by atoms with Crippen LogP contribution in [-0.4, -0.2) is 23.5 Å². The fraction of sp³-hybridized carbons (Fsp3) is 0.300. The van der Waals surface area contributed by atoms with Crippen LogP contribution < -0.4 is 10.5 Å². The fourth-order valence-electron chi connectivity index (χ4n) is 1.22. The summed E-state index contributed by atoms with van der Waals surface area (Å²) in [6.45, 7) is 0. The summed E-state index contributed by atoms with van der Waals surface area (Å²) in [4.78, 5) is 10.5. The van der Waals surface area contributed by atoms with E-state index in [4.69, 9.17) is 10.8 Å². The second kappa shape index (κ2) is 6.46. The largest absolute Gasteiger partial charge is 0.573 e. The molecule has 0 bridgehead atoms. The molecule has 1 aromatic carbocycles. The van der Waals surface area contributed by atoms with Crippen molar-refractivity contribution in [2.75, 3.05) is 0 Å². The summed E-state index contributed by atoms with van der Waals surface area (Å²) in [5.41, 5.74) is 5.34. The number of halogens is 4. The third kappa shape index (κ3) is 5.24. The van der Waals surface area contributed by atoms with Gasteiger partial charge in [0.25, 0.3) is 0 Å². The van der Waals surface area contributed by atoms with Gasteiger partial charge in [0.1, 0.15) is 11.8 Å². The minimum atomic E-state index is -4.82. The van der Waals surface area contributed by atoms with E-state index in [1.165, 1.54) is 18.2 Å². The number of ether oxygens (including phenoxy) is 1. The van der Waals surface area contributed by atoms with E-state index >= 15 is 0 Å². The van der Waals surface area contributed by atoms with E-state index in [9.17, 15) is 18.0 Å². The molecule has 102 valence electrons. The Morgan fingerprint density at radius 3 is 2.44 bits per heavy atom. The molecule has 8 heteroatoms. The zero-order valence-electron chi connectivity index (χ0n) is 8.98. The number of carboxylic acids is 1. The molecule has 0 radical (unpaired) electrons. The number of benzene rings is 1. The van der Waals surface area contributed by atoms with Crippen LogP contribution in [0.5, 0.6) is 5.75 Å². The van der Waals surface area contributed by atoms with Crippen LogP contribution in [0.15, 0.2) is 24.3 Å². The van der Waals surface area contributed by atoms with Crippen molar-refractivity contribution >= 4 is 18.4 Å². The third-order valence-electron chi connectivity index (χ3n) is 1.96. The first-order chi connectivity index (χ1) is 7.79. The number of carboxylic acid groups (broad SMARTS) is 1. The van der Waals surface area contributed by atoms with Gasteiger partial charge in [-0.3, -0.25) is 4.79 Å². The van der Waals surface area contributed by atoms with Crippen molar-refractivity contribution in [1.82, 2.24) is 0 Å². The Balaban J connectivity index is 0.00000289. The maximum Gasteiger partial charge on any atom is 0.573 e. The highest BCUT2D eigenvalue weighted by atomic mass is 35.5. The normalized spacial score (nSPS) is 12.4. The van der Waals surface area contributed by atoms with Gasteiger partial charge in [0.15, 0.2) is 0 Å². The average molecular weight is 286 g/mol. The summed E-state index contributed by atoms with van der Waals surface area (Å²) < 4.78 is 39.9. The third-order valence-corrected chi connectivity index (χ3v) is 1.96. The molecule has 0 saturated carbocycles. The van der Waals surface area contributed by atoms with Crippen LogP contribution in [0.25, 0.3) is 0 Å². The second-order valence-electron chi connectivity index (χ2n) is 3.30. The lowest BCUT2D eigenvalue weighted by Gasteiger charge is -2.14. The molecule has 0 saturated heterocycles. The molecular weight excluding hydrogens is 275 g/mol. The van der Waals surface area contributed by atoms with E-state index in [0.717, 1.165) is 6.07 Å². The van der Waals surface area contributed by atoms with Crippen LogP contribution in [0.3, 0.4) is 0 Å². The Kier molecular flexibility index (Phi) is 5.93. The first-order valence-electron chi connectivity index (χ1n) is 4.61. The number of rotatable bonds is 4. The number of hydrogen-bond acceptors (Lipinski definition) is 3. The molecule has 0 fully saturated rings. The highest BCUT2D eigenvalue weighted by Gasteiger charge is 2.32. The molecular formula is C10H11ClF3NO3. The SMILES string of the molecule is Cl.N[C@@H](Cc1ccccc1OC(F)(F)F)C(=O)O. The van der Waals surface area contributed by atoms with Crippen molar-refractivity contribution in [1.29, 1.82) is 0 Å². The lowest BCUT2D eigenvalue weighted by molar-refractivity contribution is -0.274. The van der Waals surface area contributed by atoms with Crippen LogP contribution in [0.4, 0.5) is 13.2 Å². The topological polar surface area (TPSA) is 72.5 Å². The van der Waals surface area contributed by atoms with Crippen molar-refractivity contribution < 1.29 is 27.8 Å². The Morgan fingerprint density at radius 2 is 1.94 bits per heavy atom. The molecule has 0 spiro atoms. The van der Waals surface area contributed by atoms with Crippen LogP contribution in [0, 0.1) is 0 Å².